The van der Waals surface area contributed by atoms with E-state index >= 15 is 0 Å². The van der Waals surface area contributed by atoms with Crippen molar-refractivity contribution in [2.24, 2.45) is 0 Å². The Morgan fingerprint density at radius 1 is 1.16 bits per heavy atom. The molecule has 0 unspecified atom stereocenters. The molecule has 1 aromatic carbocycles. The summed E-state index contributed by atoms with van der Waals surface area (Å²) in [5, 5.41) is 5.49. The van der Waals surface area contributed by atoms with Gasteiger partial charge in [0.1, 0.15) is 5.82 Å². The smallest absolute Gasteiger partial charge is 0.315 e. The molecule has 7 heteroatoms. The maximum absolute atomic E-state index is 11.9. The maximum atomic E-state index is 11.9. The molecular formula is C18H21N5O2. The number of nitrogens with zero attached hydrogens (tertiary/aromatic N) is 1. The van der Waals surface area contributed by atoms with E-state index in [1.54, 1.807) is 0 Å². The number of aromatic amines is 2. The zero-order valence-electron chi connectivity index (χ0n) is 14.3. The number of aryl methyl sites for hydroxylation is 2. The van der Waals surface area contributed by atoms with Crippen molar-refractivity contribution in [2.75, 3.05) is 6.54 Å². The molecule has 3 aromatic rings. The molecule has 0 fully saturated rings. The highest BCUT2D eigenvalue weighted by molar-refractivity contribution is 5.75. The van der Waals surface area contributed by atoms with Gasteiger partial charge in [-0.25, -0.2) is 9.78 Å². The van der Waals surface area contributed by atoms with Crippen LogP contribution in [0, 0.1) is 13.8 Å². The second kappa shape index (κ2) is 7.21. The number of amides is 2. The van der Waals surface area contributed by atoms with Crippen LogP contribution in [-0.2, 0) is 13.0 Å². The first-order valence-corrected chi connectivity index (χ1v) is 8.17. The normalized spacial score (nSPS) is 10.8. The van der Waals surface area contributed by atoms with Crippen LogP contribution in [0.1, 0.15) is 22.6 Å². The van der Waals surface area contributed by atoms with Crippen LogP contribution in [0.4, 0.5) is 4.79 Å². The van der Waals surface area contributed by atoms with Crippen LogP contribution in [0.25, 0.3) is 11.0 Å². The van der Waals surface area contributed by atoms with Crippen molar-refractivity contribution in [3.63, 3.8) is 0 Å². The van der Waals surface area contributed by atoms with Crippen LogP contribution in [0.3, 0.4) is 0 Å². The first-order chi connectivity index (χ1) is 12.0. The van der Waals surface area contributed by atoms with E-state index in [1.807, 2.05) is 44.2 Å². The zero-order chi connectivity index (χ0) is 17.8. The number of rotatable bonds is 5. The van der Waals surface area contributed by atoms with E-state index in [4.69, 9.17) is 0 Å². The Morgan fingerprint density at radius 3 is 2.72 bits per heavy atom. The van der Waals surface area contributed by atoms with Crippen molar-refractivity contribution in [3.8, 4) is 0 Å². The molecule has 0 aliphatic carbocycles. The minimum Gasteiger partial charge on any atom is -0.342 e. The number of nitrogens with one attached hydrogen (secondary N) is 4. The standard InChI is InChI=1S/C18H21N5O2/c1-11-9-12(2)21-17(24)13(11)10-20-18(25)19-8-7-16-22-14-5-3-4-6-15(14)23-16/h3-6,9H,7-8,10H2,1-2H3,(H,21,24)(H,22,23)(H2,19,20,25). The Bertz CT molecular complexity index is 924. The molecule has 7 nitrogen and oxygen atoms in total. The van der Waals surface area contributed by atoms with Gasteiger partial charge in [-0.15, -0.1) is 0 Å². The molecule has 0 radical (unpaired) electrons. The molecule has 4 N–H and O–H groups in total. The molecule has 0 spiro atoms. The van der Waals surface area contributed by atoms with E-state index in [0.717, 1.165) is 28.1 Å². The molecule has 0 aliphatic heterocycles. The third kappa shape index (κ3) is 4.06. The molecule has 130 valence electrons. The Labute approximate surface area is 144 Å². The highest BCUT2D eigenvalue weighted by Gasteiger charge is 2.08. The van der Waals surface area contributed by atoms with Crippen molar-refractivity contribution < 1.29 is 4.79 Å². The van der Waals surface area contributed by atoms with Gasteiger partial charge in [-0.05, 0) is 37.6 Å². The van der Waals surface area contributed by atoms with E-state index < -0.39 is 0 Å². The van der Waals surface area contributed by atoms with Crippen molar-refractivity contribution in [1.29, 1.82) is 0 Å². The lowest BCUT2D eigenvalue weighted by Crippen LogP contribution is -2.37. The summed E-state index contributed by atoms with van der Waals surface area (Å²) in [5.41, 5.74) is 3.97. The number of imidazole rings is 1. The molecule has 0 atom stereocenters. The van der Waals surface area contributed by atoms with E-state index in [9.17, 15) is 9.59 Å². The number of carbonyl (C=O) groups is 1. The number of H-pyrrole nitrogens is 2. The van der Waals surface area contributed by atoms with Gasteiger partial charge in [0, 0.05) is 24.2 Å². The molecule has 3 rings (SSSR count). The Balaban J connectivity index is 1.49. The fraction of sp³-hybridized carbons (Fsp3) is 0.278. The van der Waals surface area contributed by atoms with Gasteiger partial charge < -0.3 is 20.6 Å². The Hall–Kier alpha value is -3.09. The summed E-state index contributed by atoms with van der Waals surface area (Å²) in [6, 6.07) is 9.37. The van der Waals surface area contributed by atoms with Crippen LogP contribution in [0.15, 0.2) is 35.1 Å². The molecule has 0 saturated carbocycles. The number of hydrogen-bond acceptors (Lipinski definition) is 3. The predicted molar refractivity (Wildman–Crippen MR) is 96.6 cm³/mol. The second-order valence-corrected chi connectivity index (χ2v) is 6.00. The fourth-order valence-corrected chi connectivity index (χ4v) is 2.75. The molecule has 0 saturated heterocycles. The quantitative estimate of drug-likeness (QED) is 0.571. The number of pyridine rings is 1. The van der Waals surface area contributed by atoms with Crippen molar-refractivity contribution in [2.45, 2.75) is 26.8 Å². The third-order valence-corrected chi connectivity index (χ3v) is 4.01. The monoisotopic (exact) mass is 339 g/mol. The predicted octanol–water partition coefficient (Wildman–Crippen LogP) is 1.91. The van der Waals surface area contributed by atoms with Gasteiger partial charge in [0.05, 0.1) is 17.6 Å². The van der Waals surface area contributed by atoms with Crippen molar-refractivity contribution in [1.82, 2.24) is 25.6 Å². The first-order valence-electron chi connectivity index (χ1n) is 8.17. The lowest BCUT2D eigenvalue weighted by Gasteiger charge is -2.09. The topological polar surface area (TPSA) is 103 Å². The minimum absolute atomic E-state index is 0.167. The van der Waals surface area contributed by atoms with E-state index in [-0.39, 0.29) is 18.1 Å². The summed E-state index contributed by atoms with van der Waals surface area (Å²) < 4.78 is 0. The summed E-state index contributed by atoms with van der Waals surface area (Å²) >= 11 is 0. The van der Waals surface area contributed by atoms with E-state index in [0.29, 0.717) is 18.5 Å². The van der Waals surface area contributed by atoms with Crippen molar-refractivity contribution in [3.05, 3.63) is 63.3 Å². The van der Waals surface area contributed by atoms with Gasteiger partial charge in [-0.1, -0.05) is 12.1 Å². The van der Waals surface area contributed by atoms with E-state index in [2.05, 4.69) is 25.6 Å². The number of carbonyl (C=O) groups excluding carboxylic acids is 1. The summed E-state index contributed by atoms with van der Waals surface area (Å²) in [6.07, 6.45) is 0.603. The number of benzene rings is 1. The first kappa shape index (κ1) is 16.8. The molecule has 2 aromatic heterocycles. The molecule has 2 amide bonds. The summed E-state index contributed by atoms with van der Waals surface area (Å²) in [7, 11) is 0. The molecule has 2 heterocycles. The van der Waals surface area contributed by atoms with Crippen LogP contribution in [0.5, 0.6) is 0 Å². The Morgan fingerprint density at radius 2 is 1.96 bits per heavy atom. The highest BCUT2D eigenvalue weighted by atomic mass is 16.2. The van der Waals surface area contributed by atoms with Gasteiger partial charge in [-0.3, -0.25) is 4.79 Å². The van der Waals surface area contributed by atoms with Gasteiger partial charge >= 0.3 is 6.03 Å². The number of para-hydroxylation sites is 2. The summed E-state index contributed by atoms with van der Waals surface area (Å²) in [5.74, 6) is 0.826. The fourth-order valence-electron chi connectivity index (χ4n) is 2.75. The molecular weight excluding hydrogens is 318 g/mol. The van der Waals surface area contributed by atoms with Crippen LogP contribution in [-0.4, -0.2) is 27.5 Å². The number of aromatic nitrogens is 3. The lowest BCUT2D eigenvalue weighted by atomic mass is 10.1. The number of urea groups is 1. The van der Waals surface area contributed by atoms with Gasteiger partial charge in [-0.2, -0.15) is 0 Å². The number of fused-ring (bicyclic) bond motifs is 1. The average molecular weight is 339 g/mol. The Kier molecular flexibility index (Phi) is 4.83. The van der Waals surface area contributed by atoms with Crippen molar-refractivity contribution >= 4 is 17.1 Å². The SMILES string of the molecule is Cc1cc(C)c(CNC(=O)NCCc2nc3ccccc3[nH]2)c(=O)[nH]1. The van der Waals surface area contributed by atoms with Crippen LogP contribution >= 0.6 is 0 Å². The molecule has 0 aliphatic rings. The molecule has 25 heavy (non-hydrogen) atoms. The maximum Gasteiger partial charge on any atom is 0.315 e. The molecule has 0 bridgehead atoms. The largest absolute Gasteiger partial charge is 0.342 e. The third-order valence-electron chi connectivity index (χ3n) is 4.01. The minimum atomic E-state index is -0.310. The highest BCUT2D eigenvalue weighted by Crippen LogP contribution is 2.10. The zero-order valence-corrected chi connectivity index (χ0v) is 14.3. The van der Waals surface area contributed by atoms with Gasteiger partial charge in [0.25, 0.3) is 5.56 Å². The van der Waals surface area contributed by atoms with Gasteiger partial charge in [0.2, 0.25) is 0 Å². The average Bonchev–Trinajstić information content (AvgIpc) is 2.96. The number of hydrogen-bond donors (Lipinski definition) is 4. The van der Waals surface area contributed by atoms with Crippen LogP contribution in [0.2, 0.25) is 0 Å². The van der Waals surface area contributed by atoms with E-state index in [1.165, 1.54) is 0 Å². The van der Waals surface area contributed by atoms with Crippen LogP contribution < -0.4 is 16.2 Å². The summed E-state index contributed by atoms with van der Waals surface area (Å²) in [4.78, 5) is 34.2. The lowest BCUT2D eigenvalue weighted by molar-refractivity contribution is 0.240. The summed E-state index contributed by atoms with van der Waals surface area (Å²) in [6.45, 7) is 4.34. The van der Waals surface area contributed by atoms with Gasteiger partial charge in [0.15, 0.2) is 0 Å². The second-order valence-electron chi connectivity index (χ2n) is 6.00.